The number of aryl methyl sites for hydroxylation is 3. The third-order valence-corrected chi connectivity index (χ3v) is 3.88. The summed E-state index contributed by atoms with van der Waals surface area (Å²) < 4.78 is 2.97. The molecule has 0 aliphatic carbocycles. The van der Waals surface area contributed by atoms with Crippen molar-refractivity contribution in [3.63, 3.8) is 0 Å². The molecule has 1 aromatic heterocycles. The Kier molecular flexibility index (Phi) is 5.38. The fourth-order valence-electron chi connectivity index (χ4n) is 2.80. The van der Waals surface area contributed by atoms with E-state index in [1.165, 1.54) is 22.4 Å². The van der Waals surface area contributed by atoms with Gasteiger partial charge >= 0.3 is 0 Å². The Balaban J connectivity index is 0.00000176. The second-order valence-electron chi connectivity index (χ2n) is 5.28. The molecule has 22 heavy (non-hydrogen) atoms. The van der Waals surface area contributed by atoms with Crippen LogP contribution in [0.4, 0.5) is 0 Å². The number of hydrogen-bond donors (Lipinski definition) is 0. The average molecular weight is 532 g/mol. The molecule has 115 valence electrons. The van der Waals surface area contributed by atoms with Crippen LogP contribution in [0.5, 0.6) is 0 Å². The van der Waals surface area contributed by atoms with Crippen LogP contribution < -0.4 is 0 Å². The van der Waals surface area contributed by atoms with Gasteiger partial charge in [-0.2, -0.15) is 0 Å². The van der Waals surface area contributed by atoms with E-state index in [9.17, 15) is 0 Å². The van der Waals surface area contributed by atoms with Crippen molar-refractivity contribution in [1.82, 2.24) is 9.55 Å². The van der Waals surface area contributed by atoms with Gasteiger partial charge in [-0.15, -0.1) is 35.9 Å². The van der Waals surface area contributed by atoms with E-state index < -0.39 is 0 Å². The minimum atomic E-state index is 0. The van der Waals surface area contributed by atoms with Crippen LogP contribution in [0.2, 0.25) is 0 Å². The average Bonchev–Trinajstić information content (AvgIpc) is 2.80. The zero-order valence-electron chi connectivity index (χ0n) is 12.6. The third kappa shape index (κ3) is 3.24. The normalized spacial score (nSPS) is 10.4. The maximum absolute atomic E-state index is 4.61. The molecule has 0 unspecified atom stereocenters. The van der Waals surface area contributed by atoms with Gasteiger partial charge in [-0.3, -0.25) is 4.98 Å². The number of nitrogens with zero attached hydrogens (tertiary/aromatic N) is 2. The van der Waals surface area contributed by atoms with Gasteiger partial charge in [0.05, 0.1) is 5.82 Å². The topological polar surface area (TPSA) is 17.8 Å². The van der Waals surface area contributed by atoms with Gasteiger partial charge in [0.2, 0.25) is 0 Å². The Morgan fingerprint density at radius 1 is 1.09 bits per heavy atom. The smallest absolute Gasteiger partial charge is 0.113 e. The summed E-state index contributed by atoms with van der Waals surface area (Å²) in [5.74, 6) is 0.900. The van der Waals surface area contributed by atoms with Crippen LogP contribution in [-0.2, 0) is 20.1 Å². The van der Waals surface area contributed by atoms with Gasteiger partial charge in [0, 0.05) is 32.0 Å². The first-order valence-electron chi connectivity index (χ1n) is 6.86. The molecule has 0 bridgehead atoms. The fourth-order valence-corrected chi connectivity index (χ4v) is 3.17. The van der Waals surface area contributed by atoms with Crippen molar-refractivity contribution in [1.29, 1.82) is 0 Å². The molecular weight excluding hydrogens is 516 g/mol. The summed E-state index contributed by atoms with van der Waals surface area (Å²) in [5, 5.41) is 0. The van der Waals surface area contributed by atoms with Crippen molar-refractivity contribution in [3.05, 3.63) is 70.0 Å². The van der Waals surface area contributed by atoms with E-state index in [0.717, 1.165) is 16.0 Å². The number of hydrogen-bond acceptors (Lipinski definition) is 1. The van der Waals surface area contributed by atoms with E-state index in [1.54, 1.807) is 0 Å². The Hall–Kier alpha value is -1.22. The summed E-state index contributed by atoms with van der Waals surface area (Å²) in [7, 11) is 0. The van der Waals surface area contributed by atoms with Gasteiger partial charge in [-0.05, 0) is 47.8 Å². The predicted octanol–water partition coefficient (Wildman–Crippen LogP) is 5.02. The van der Waals surface area contributed by atoms with Crippen LogP contribution in [0, 0.1) is 26.8 Å². The third-order valence-electron chi connectivity index (χ3n) is 3.50. The Labute approximate surface area is 153 Å². The summed E-state index contributed by atoms with van der Waals surface area (Å²) >= 11 is 3.50. The molecule has 0 aliphatic rings. The van der Waals surface area contributed by atoms with E-state index in [0.29, 0.717) is 0 Å². The van der Waals surface area contributed by atoms with E-state index in [2.05, 4.69) is 64.5 Å². The van der Waals surface area contributed by atoms with Gasteiger partial charge in [0.25, 0.3) is 0 Å². The first-order chi connectivity index (χ1) is 10.1. The first kappa shape index (κ1) is 17.1. The largest absolute Gasteiger partial charge is 0.338 e. The molecule has 0 saturated heterocycles. The molecule has 1 radical (unpaired) electrons. The minimum absolute atomic E-state index is 0. The van der Waals surface area contributed by atoms with Crippen molar-refractivity contribution in [2.75, 3.05) is 0 Å². The number of rotatable bonds is 2. The number of halogens is 1. The van der Waals surface area contributed by atoms with Crippen LogP contribution in [0.1, 0.15) is 16.7 Å². The minimum Gasteiger partial charge on any atom is -0.338 e. The first-order valence-corrected chi connectivity index (χ1v) is 7.66. The summed E-state index contributed by atoms with van der Waals surface area (Å²) in [4.78, 5) is 4.61. The maximum atomic E-state index is 4.61. The standard InChI is InChI=1S/C18H16BrN2.Ir/c1-12-9-13(2)17(14(3)10-12)21-11-16(19)20-18(21)15-7-5-4-6-8-15;/h4-7,9-11H,1-3H3;/q-1;. The molecule has 0 fully saturated rings. The molecule has 0 saturated carbocycles. The van der Waals surface area contributed by atoms with Gasteiger partial charge < -0.3 is 4.57 Å². The summed E-state index contributed by atoms with van der Waals surface area (Å²) in [6.07, 6.45) is 2.01. The Bertz CT molecular complexity index is 771. The van der Waals surface area contributed by atoms with Gasteiger partial charge in [-0.25, -0.2) is 0 Å². The molecule has 0 atom stereocenters. The number of benzene rings is 2. The van der Waals surface area contributed by atoms with Gasteiger partial charge in [-0.1, -0.05) is 17.7 Å². The van der Waals surface area contributed by atoms with E-state index in [1.807, 2.05) is 30.5 Å². The molecule has 2 aromatic carbocycles. The second-order valence-corrected chi connectivity index (χ2v) is 6.09. The van der Waals surface area contributed by atoms with E-state index >= 15 is 0 Å². The van der Waals surface area contributed by atoms with Crippen LogP contribution in [0.25, 0.3) is 17.1 Å². The van der Waals surface area contributed by atoms with Crippen molar-refractivity contribution in [2.45, 2.75) is 20.8 Å². The zero-order valence-corrected chi connectivity index (χ0v) is 16.6. The number of imidazole rings is 1. The molecule has 0 spiro atoms. The summed E-state index contributed by atoms with van der Waals surface area (Å²) in [6.45, 7) is 6.41. The Morgan fingerprint density at radius 3 is 2.36 bits per heavy atom. The fraction of sp³-hybridized carbons (Fsp3) is 0.167. The molecule has 4 heteroatoms. The Morgan fingerprint density at radius 2 is 1.77 bits per heavy atom. The zero-order chi connectivity index (χ0) is 15.0. The van der Waals surface area contributed by atoms with Crippen molar-refractivity contribution in [3.8, 4) is 17.1 Å². The molecule has 0 aliphatic heterocycles. The maximum Gasteiger partial charge on any atom is 0.113 e. The molecule has 3 aromatic rings. The van der Waals surface area contributed by atoms with Crippen LogP contribution in [0.3, 0.4) is 0 Å². The van der Waals surface area contributed by atoms with Crippen molar-refractivity contribution in [2.24, 2.45) is 0 Å². The number of aromatic nitrogens is 2. The van der Waals surface area contributed by atoms with Crippen molar-refractivity contribution < 1.29 is 20.1 Å². The van der Waals surface area contributed by atoms with Gasteiger partial charge in [0.1, 0.15) is 4.60 Å². The predicted molar refractivity (Wildman–Crippen MR) is 89.7 cm³/mol. The summed E-state index contributed by atoms with van der Waals surface area (Å²) in [6, 6.07) is 15.6. The molecule has 3 rings (SSSR count). The SMILES string of the molecule is Cc1cc(C)c(-n2cc(Br)nc2-c2[c-]cccc2)c(C)c1.[Ir]. The van der Waals surface area contributed by atoms with Gasteiger partial charge in [0.15, 0.2) is 0 Å². The quantitative estimate of drug-likeness (QED) is 0.424. The van der Waals surface area contributed by atoms with Crippen molar-refractivity contribution >= 4 is 15.9 Å². The summed E-state index contributed by atoms with van der Waals surface area (Å²) in [5.41, 5.74) is 5.94. The molecule has 2 nitrogen and oxygen atoms in total. The van der Waals surface area contributed by atoms with Crippen LogP contribution >= 0.6 is 15.9 Å². The van der Waals surface area contributed by atoms with Crippen LogP contribution in [0.15, 0.2) is 47.2 Å². The molecule has 0 N–H and O–H groups in total. The molecule has 0 amide bonds. The van der Waals surface area contributed by atoms with E-state index in [4.69, 9.17) is 0 Å². The van der Waals surface area contributed by atoms with Crippen LogP contribution in [-0.4, -0.2) is 9.55 Å². The van der Waals surface area contributed by atoms with E-state index in [-0.39, 0.29) is 20.1 Å². The monoisotopic (exact) mass is 532 g/mol. The second kappa shape index (κ2) is 6.91. The molecule has 1 heterocycles. The molecular formula is C18H16BrIrN2-.